The first-order chi connectivity index (χ1) is 11.7. The third kappa shape index (κ3) is 7.05. The number of aliphatic hydroxyl groups excluding tert-OH is 1. The van der Waals surface area contributed by atoms with Crippen LogP contribution in [0.25, 0.3) is 0 Å². The molecular weight excluding hydrogens is 353 g/mol. The van der Waals surface area contributed by atoms with Crippen LogP contribution >= 0.6 is 0 Å². The topological polar surface area (TPSA) is 96.3 Å². The molecule has 1 atom stereocenters. The molecule has 7 nitrogen and oxygen atoms in total. The van der Waals surface area contributed by atoms with E-state index in [2.05, 4.69) is 0 Å². The van der Waals surface area contributed by atoms with E-state index in [1.807, 2.05) is 6.92 Å². The van der Waals surface area contributed by atoms with Crippen molar-refractivity contribution in [2.45, 2.75) is 33.3 Å². The Kier molecular flexibility index (Phi) is 8.40. The van der Waals surface area contributed by atoms with E-state index in [9.17, 15) is 17.9 Å². The Balaban J connectivity index is 3.00. The van der Waals surface area contributed by atoms with Gasteiger partial charge in [0.1, 0.15) is 0 Å². The van der Waals surface area contributed by atoms with E-state index in [4.69, 9.17) is 14.0 Å². The molecule has 0 aliphatic heterocycles. The number of hydrogen-bond acceptors (Lipinski definition) is 6. The van der Waals surface area contributed by atoms with Crippen molar-refractivity contribution in [1.29, 1.82) is 0 Å². The van der Waals surface area contributed by atoms with E-state index in [0.717, 1.165) is 0 Å². The second-order valence-corrected chi connectivity index (χ2v) is 6.96. The number of nitrogens with zero attached hydrogens (tertiary/aromatic N) is 1. The van der Waals surface area contributed by atoms with Crippen molar-refractivity contribution >= 4 is 15.8 Å². The Morgan fingerprint density at radius 1 is 1.16 bits per heavy atom. The molecule has 2 N–H and O–H groups in total. The van der Waals surface area contributed by atoms with Crippen LogP contribution in [0.2, 0.25) is 0 Å². The van der Waals surface area contributed by atoms with Gasteiger partial charge in [-0.15, -0.1) is 0 Å². The fourth-order valence-corrected chi connectivity index (χ4v) is 2.88. The van der Waals surface area contributed by atoms with Gasteiger partial charge in [-0.25, -0.2) is 0 Å². The van der Waals surface area contributed by atoms with Gasteiger partial charge >= 0.3 is 0 Å². The van der Waals surface area contributed by atoms with Crippen LogP contribution in [0.15, 0.2) is 12.1 Å². The number of ether oxygens (including phenoxy) is 2. The fraction of sp³-hybridized carbons (Fsp3) is 0.625. The largest absolute Gasteiger partial charge is 0.491 e. The van der Waals surface area contributed by atoms with Crippen LogP contribution < -0.4 is 14.4 Å². The van der Waals surface area contributed by atoms with Crippen molar-refractivity contribution in [3.63, 3.8) is 0 Å². The number of aliphatic hydroxyl groups is 1. The van der Waals surface area contributed by atoms with Gasteiger partial charge in [-0.2, -0.15) is 12.8 Å². The summed E-state index contributed by atoms with van der Waals surface area (Å²) in [6, 6.07) is 3.03. The summed E-state index contributed by atoms with van der Waals surface area (Å²) in [7, 11) is -4.13. The molecule has 144 valence electrons. The number of likely N-dealkylation sites (N-methyl/N-ethyl adjacent to an activating group) is 1. The third-order valence-electron chi connectivity index (χ3n) is 3.48. The lowest BCUT2D eigenvalue weighted by molar-refractivity contribution is 0.176. The standard InChI is InChI=1S/C16H26FNO6S/c1-4-18(11-13(19)7-8-25(20,21)22)12-9-14(23-5-2)16(17)15(10-12)24-6-3/h9-10,13,19H,4-8,11H2,1-3H3,(H,20,21,22). The lowest BCUT2D eigenvalue weighted by Gasteiger charge is -2.27. The zero-order chi connectivity index (χ0) is 19.0. The van der Waals surface area contributed by atoms with Crippen molar-refractivity contribution in [2.24, 2.45) is 0 Å². The van der Waals surface area contributed by atoms with Crippen LogP contribution in [0.4, 0.5) is 10.1 Å². The predicted molar refractivity (Wildman–Crippen MR) is 93.7 cm³/mol. The van der Waals surface area contributed by atoms with E-state index in [0.29, 0.717) is 12.2 Å². The van der Waals surface area contributed by atoms with Crippen molar-refractivity contribution in [3.8, 4) is 11.5 Å². The van der Waals surface area contributed by atoms with Gasteiger partial charge in [0.05, 0.1) is 25.1 Å². The maximum Gasteiger partial charge on any atom is 0.264 e. The smallest absolute Gasteiger partial charge is 0.264 e. The zero-order valence-electron chi connectivity index (χ0n) is 14.7. The van der Waals surface area contributed by atoms with Crippen LogP contribution in [-0.4, -0.2) is 56.2 Å². The summed E-state index contributed by atoms with van der Waals surface area (Å²) in [5, 5.41) is 10.0. The average Bonchev–Trinajstić information content (AvgIpc) is 2.54. The Labute approximate surface area is 148 Å². The van der Waals surface area contributed by atoms with Crippen LogP contribution in [0, 0.1) is 5.82 Å². The Morgan fingerprint density at radius 3 is 2.08 bits per heavy atom. The first-order valence-corrected chi connectivity index (χ1v) is 9.80. The van der Waals surface area contributed by atoms with Crippen LogP contribution in [-0.2, 0) is 10.1 Å². The third-order valence-corrected chi connectivity index (χ3v) is 4.23. The molecule has 0 bridgehead atoms. The molecule has 0 fully saturated rings. The molecule has 1 aromatic carbocycles. The van der Waals surface area contributed by atoms with E-state index in [1.165, 1.54) is 12.1 Å². The number of rotatable bonds is 11. The van der Waals surface area contributed by atoms with Gasteiger partial charge in [0, 0.05) is 30.9 Å². The average molecular weight is 379 g/mol. The molecular formula is C16H26FNO6S. The predicted octanol–water partition coefficient (Wildman–Crippen LogP) is 2.09. The van der Waals surface area contributed by atoms with E-state index < -0.39 is 27.8 Å². The summed E-state index contributed by atoms with van der Waals surface area (Å²) in [6.45, 7) is 6.51. The van der Waals surface area contributed by atoms with E-state index in [-0.39, 0.29) is 37.7 Å². The van der Waals surface area contributed by atoms with E-state index in [1.54, 1.807) is 18.7 Å². The van der Waals surface area contributed by atoms with Crippen molar-refractivity contribution < 1.29 is 31.9 Å². The van der Waals surface area contributed by atoms with Crippen molar-refractivity contribution in [3.05, 3.63) is 17.9 Å². The molecule has 25 heavy (non-hydrogen) atoms. The van der Waals surface area contributed by atoms with Gasteiger partial charge in [0.25, 0.3) is 10.1 Å². The number of halogens is 1. The first kappa shape index (κ1) is 21.5. The van der Waals surface area contributed by atoms with Gasteiger partial charge in [-0.05, 0) is 27.2 Å². The summed E-state index contributed by atoms with van der Waals surface area (Å²) in [6.07, 6.45) is -1.08. The Morgan fingerprint density at radius 2 is 1.68 bits per heavy atom. The molecule has 0 radical (unpaired) electrons. The molecule has 1 unspecified atom stereocenters. The van der Waals surface area contributed by atoms with Crippen LogP contribution in [0.5, 0.6) is 11.5 Å². The van der Waals surface area contributed by atoms with Crippen LogP contribution in [0.1, 0.15) is 27.2 Å². The normalized spacial score (nSPS) is 12.7. The minimum atomic E-state index is -4.13. The summed E-state index contributed by atoms with van der Waals surface area (Å²) >= 11 is 0. The fourth-order valence-electron chi connectivity index (χ4n) is 2.31. The van der Waals surface area contributed by atoms with E-state index >= 15 is 0 Å². The quantitative estimate of drug-likeness (QED) is 0.568. The molecule has 0 heterocycles. The zero-order valence-corrected chi connectivity index (χ0v) is 15.6. The number of benzene rings is 1. The van der Waals surface area contributed by atoms with Gasteiger partial charge in [0.2, 0.25) is 5.82 Å². The molecule has 0 aromatic heterocycles. The Bertz CT molecular complexity index is 625. The number of hydrogen-bond donors (Lipinski definition) is 2. The van der Waals surface area contributed by atoms with Crippen molar-refractivity contribution in [1.82, 2.24) is 0 Å². The summed E-state index contributed by atoms with van der Waals surface area (Å²) < 4.78 is 55.2. The minimum Gasteiger partial charge on any atom is -0.491 e. The second kappa shape index (κ2) is 9.79. The lowest BCUT2D eigenvalue weighted by atomic mass is 10.2. The van der Waals surface area contributed by atoms with Crippen molar-refractivity contribution in [2.75, 3.05) is 37.0 Å². The molecule has 0 amide bonds. The highest BCUT2D eigenvalue weighted by Gasteiger charge is 2.19. The molecule has 1 aromatic rings. The van der Waals surface area contributed by atoms with Gasteiger partial charge < -0.3 is 19.5 Å². The summed E-state index contributed by atoms with van der Waals surface area (Å²) in [5.41, 5.74) is 0.585. The molecule has 0 saturated carbocycles. The van der Waals surface area contributed by atoms with Gasteiger partial charge in [-0.1, -0.05) is 0 Å². The highest BCUT2D eigenvalue weighted by Crippen LogP contribution is 2.33. The molecule has 0 aliphatic carbocycles. The summed E-state index contributed by atoms with van der Waals surface area (Å²) in [5.74, 6) is -1.01. The second-order valence-electron chi connectivity index (χ2n) is 5.39. The maximum absolute atomic E-state index is 14.3. The molecule has 0 aliphatic rings. The summed E-state index contributed by atoms with van der Waals surface area (Å²) in [4.78, 5) is 1.75. The maximum atomic E-state index is 14.3. The first-order valence-electron chi connectivity index (χ1n) is 8.19. The van der Waals surface area contributed by atoms with Crippen LogP contribution in [0.3, 0.4) is 0 Å². The highest BCUT2D eigenvalue weighted by atomic mass is 32.2. The van der Waals surface area contributed by atoms with Gasteiger partial charge in [0.15, 0.2) is 11.5 Å². The minimum absolute atomic E-state index is 0.0503. The molecule has 1 rings (SSSR count). The lowest BCUT2D eigenvalue weighted by Crippen LogP contribution is -2.33. The SMILES string of the molecule is CCOc1cc(N(CC)CC(O)CCS(=O)(=O)O)cc(OCC)c1F. The Hall–Kier alpha value is -1.58. The molecule has 9 heteroatoms. The molecule has 0 spiro atoms. The molecule has 0 saturated heterocycles. The monoisotopic (exact) mass is 379 g/mol. The van der Waals surface area contributed by atoms with Gasteiger partial charge in [-0.3, -0.25) is 4.55 Å². The number of anilines is 1. The highest BCUT2D eigenvalue weighted by molar-refractivity contribution is 7.85.